The summed E-state index contributed by atoms with van der Waals surface area (Å²) in [6.45, 7) is 7.18. The van der Waals surface area contributed by atoms with Gasteiger partial charge < -0.3 is 23.7 Å². The highest BCUT2D eigenvalue weighted by atomic mass is 16.7. The highest BCUT2D eigenvalue weighted by Crippen LogP contribution is 2.28. The van der Waals surface area contributed by atoms with Crippen LogP contribution in [0.3, 0.4) is 0 Å². The number of rotatable bonds is 7. The highest BCUT2D eigenvalue weighted by molar-refractivity contribution is 5.67. The molecule has 0 N–H and O–H groups in total. The highest BCUT2D eigenvalue weighted by Gasteiger charge is 2.50. The maximum absolute atomic E-state index is 11.3. The SMILES string of the molecule is C=CCOC1O[C@H](COC(C)=O)[C@@H](OC(C)=O)[C@@H]1OC(C)=O. The molecule has 1 aliphatic rings. The van der Waals surface area contributed by atoms with Gasteiger partial charge in [-0.3, -0.25) is 14.4 Å². The minimum absolute atomic E-state index is 0.148. The molecule has 4 atom stereocenters. The topological polar surface area (TPSA) is 97.4 Å². The fourth-order valence-corrected chi connectivity index (χ4v) is 1.97. The fraction of sp³-hybridized carbons (Fsp3) is 0.643. The van der Waals surface area contributed by atoms with Crippen molar-refractivity contribution in [2.24, 2.45) is 0 Å². The Labute approximate surface area is 128 Å². The first-order chi connectivity index (χ1) is 10.3. The van der Waals surface area contributed by atoms with Crippen LogP contribution in [-0.2, 0) is 38.1 Å². The van der Waals surface area contributed by atoms with Crippen molar-refractivity contribution in [1.29, 1.82) is 0 Å². The molecular weight excluding hydrogens is 296 g/mol. The molecule has 0 spiro atoms. The monoisotopic (exact) mass is 316 g/mol. The molecule has 0 aromatic carbocycles. The summed E-state index contributed by atoms with van der Waals surface area (Å²) in [6.07, 6.45) is -2.15. The van der Waals surface area contributed by atoms with E-state index in [1.54, 1.807) is 0 Å². The van der Waals surface area contributed by atoms with Crippen molar-refractivity contribution >= 4 is 17.9 Å². The van der Waals surface area contributed by atoms with Crippen LogP contribution in [0.2, 0.25) is 0 Å². The van der Waals surface area contributed by atoms with Gasteiger partial charge in [-0.05, 0) is 0 Å². The molecule has 0 aromatic heterocycles. The number of esters is 3. The molecule has 0 bridgehead atoms. The van der Waals surface area contributed by atoms with E-state index in [0.717, 1.165) is 0 Å². The van der Waals surface area contributed by atoms with Gasteiger partial charge in [-0.1, -0.05) is 6.08 Å². The summed E-state index contributed by atoms with van der Waals surface area (Å²) in [5.41, 5.74) is 0. The normalized spacial score (nSPS) is 27.0. The van der Waals surface area contributed by atoms with Gasteiger partial charge >= 0.3 is 17.9 Å². The molecular formula is C14H20O8. The number of carbonyl (C=O) groups is 3. The van der Waals surface area contributed by atoms with E-state index in [1.807, 2.05) is 0 Å². The second-order valence-electron chi connectivity index (χ2n) is 4.62. The van der Waals surface area contributed by atoms with Crippen molar-refractivity contribution in [3.05, 3.63) is 12.7 Å². The van der Waals surface area contributed by atoms with Gasteiger partial charge in [-0.25, -0.2) is 0 Å². The Hall–Kier alpha value is -1.93. The van der Waals surface area contributed by atoms with Gasteiger partial charge in [-0.15, -0.1) is 6.58 Å². The van der Waals surface area contributed by atoms with Crippen LogP contribution in [0.25, 0.3) is 0 Å². The molecule has 1 rings (SSSR count). The van der Waals surface area contributed by atoms with Crippen molar-refractivity contribution in [3.8, 4) is 0 Å². The Morgan fingerprint density at radius 1 is 1.05 bits per heavy atom. The molecule has 0 aromatic rings. The van der Waals surface area contributed by atoms with Crippen molar-refractivity contribution < 1.29 is 38.1 Å². The van der Waals surface area contributed by atoms with E-state index in [2.05, 4.69) is 6.58 Å². The van der Waals surface area contributed by atoms with E-state index < -0.39 is 42.5 Å². The zero-order valence-corrected chi connectivity index (χ0v) is 12.8. The van der Waals surface area contributed by atoms with Gasteiger partial charge in [0.2, 0.25) is 0 Å². The first-order valence-corrected chi connectivity index (χ1v) is 6.71. The second-order valence-corrected chi connectivity index (χ2v) is 4.62. The summed E-state index contributed by atoms with van der Waals surface area (Å²) in [4.78, 5) is 33.4. The minimum Gasteiger partial charge on any atom is -0.463 e. The number of hydrogen-bond donors (Lipinski definition) is 0. The van der Waals surface area contributed by atoms with Crippen LogP contribution in [0.1, 0.15) is 20.8 Å². The molecule has 1 heterocycles. The molecule has 8 nitrogen and oxygen atoms in total. The van der Waals surface area contributed by atoms with Crippen LogP contribution in [0.15, 0.2) is 12.7 Å². The van der Waals surface area contributed by atoms with Crippen LogP contribution >= 0.6 is 0 Å². The third kappa shape index (κ3) is 5.45. The summed E-state index contributed by atoms with van der Waals surface area (Å²) >= 11 is 0. The molecule has 0 radical (unpaired) electrons. The Morgan fingerprint density at radius 3 is 2.14 bits per heavy atom. The quantitative estimate of drug-likeness (QED) is 0.377. The smallest absolute Gasteiger partial charge is 0.303 e. The van der Waals surface area contributed by atoms with Crippen LogP contribution < -0.4 is 0 Å². The molecule has 22 heavy (non-hydrogen) atoms. The van der Waals surface area contributed by atoms with Crippen molar-refractivity contribution in [3.63, 3.8) is 0 Å². The van der Waals surface area contributed by atoms with Crippen LogP contribution in [0.5, 0.6) is 0 Å². The maximum Gasteiger partial charge on any atom is 0.303 e. The standard InChI is InChI=1S/C14H20O8/c1-5-6-18-14-13(21-10(4)17)12(20-9(3)16)11(22-14)7-19-8(2)15/h5,11-14H,1,6-7H2,2-4H3/t11-,12-,13+,14?/m1/s1. The van der Waals surface area contributed by atoms with Crippen molar-refractivity contribution in [1.82, 2.24) is 0 Å². The summed E-state index contributed by atoms with van der Waals surface area (Å²) in [6, 6.07) is 0. The molecule has 0 saturated carbocycles. The average molecular weight is 316 g/mol. The third-order valence-corrected chi connectivity index (χ3v) is 2.70. The fourth-order valence-electron chi connectivity index (χ4n) is 1.97. The first-order valence-electron chi connectivity index (χ1n) is 6.71. The molecule has 1 saturated heterocycles. The van der Waals surface area contributed by atoms with E-state index >= 15 is 0 Å². The molecule has 0 aliphatic carbocycles. The van der Waals surface area contributed by atoms with E-state index in [0.29, 0.717) is 0 Å². The predicted molar refractivity (Wildman–Crippen MR) is 72.6 cm³/mol. The average Bonchev–Trinajstić information content (AvgIpc) is 2.71. The van der Waals surface area contributed by atoms with Gasteiger partial charge in [0.1, 0.15) is 12.7 Å². The van der Waals surface area contributed by atoms with Crippen LogP contribution in [-0.4, -0.2) is 55.7 Å². The lowest BCUT2D eigenvalue weighted by molar-refractivity contribution is -0.186. The van der Waals surface area contributed by atoms with Gasteiger partial charge in [0.25, 0.3) is 0 Å². The molecule has 1 unspecified atom stereocenters. The lowest BCUT2D eigenvalue weighted by atomic mass is 10.1. The van der Waals surface area contributed by atoms with Gasteiger partial charge in [0, 0.05) is 20.8 Å². The lowest BCUT2D eigenvalue weighted by Gasteiger charge is -2.22. The summed E-state index contributed by atoms with van der Waals surface area (Å²) in [5.74, 6) is -1.67. The van der Waals surface area contributed by atoms with E-state index in [9.17, 15) is 14.4 Å². The molecule has 0 amide bonds. The Kier molecular flexibility index (Phi) is 7.00. The number of carbonyl (C=O) groups excluding carboxylic acids is 3. The van der Waals surface area contributed by atoms with Gasteiger partial charge in [0.15, 0.2) is 18.5 Å². The summed E-state index contributed by atoms with van der Waals surface area (Å²) in [5, 5.41) is 0. The first kappa shape index (κ1) is 18.1. The molecule has 8 heteroatoms. The van der Waals surface area contributed by atoms with Crippen molar-refractivity contribution in [2.45, 2.75) is 45.4 Å². The van der Waals surface area contributed by atoms with E-state index in [4.69, 9.17) is 23.7 Å². The van der Waals surface area contributed by atoms with Gasteiger partial charge in [0.05, 0.1) is 6.61 Å². The van der Waals surface area contributed by atoms with E-state index in [1.165, 1.54) is 26.8 Å². The summed E-state index contributed by atoms with van der Waals surface area (Å²) < 4.78 is 26.0. The zero-order valence-electron chi connectivity index (χ0n) is 12.8. The Bertz CT molecular complexity index is 433. The Morgan fingerprint density at radius 2 is 1.64 bits per heavy atom. The minimum atomic E-state index is -0.957. The Balaban J connectivity index is 2.89. The molecule has 1 aliphatic heterocycles. The van der Waals surface area contributed by atoms with E-state index in [-0.39, 0.29) is 13.2 Å². The number of ether oxygens (including phenoxy) is 5. The van der Waals surface area contributed by atoms with Gasteiger partial charge in [-0.2, -0.15) is 0 Å². The predicted octanol–water partition coefficient (Wildman–Crippen LogP) is 0.340. The lowest BCUT2D eigenvalue weighted by Crippen LogP contribution is -2.41. The largest absolute Gasteiger partial charge is 0.463 e. The van der Waals surface area contributed by atoms with Crippen LogP contribution in [0.4, 0.5) is 0 Å². The molecule has 1 fully saturated rings. The third-order valence-electron chi connectivity index (χ3n) is 2.70. The zero-order chi connectivity index (χ0) is 16.7. The van der Waals surface area contributed by atoms with Crippen LogP contribution in [0, 0.1) is 0 Å². The number of hydrogen-bond acceptors (Lipinski definition) is 8. The summed E-state index contributed by atoms with van der Waals surface area (Å²) in [7, 11) is 0. The molecule has 124 valence electrons. The van der Waals surface area contributed by atoms with Crippen molar-refractivity contribution in [2.75, 3.05) is 13.2 Å². The second kappa shape index (κ2) is 8.50. The maximum atomic E-state index is 11.3.